The predicted molar refractivity (Wildman–Crippen MR) is 81.8 cm³/mol. The lowest BCUT2D eigenvalue weighted by Gasteiger charge is -2.11. The molecule has 0 atom stereocenters. The van der Waals surface area contributed by atoms with Crippen molar-refractivity contribution in [3.05, 3.63) is 35.7 Å². The van der Waals surface area contributed by atoms with E-state index in [4.69, 9.17) is 5.73 Å². The van der Waals surface area contributed by atoms with E-state index in [1.165, 1.54) is 0 Å². The van der Waals surface area contributed by atoms with Crippen LogP contribution < -0.4 is 16.4 Å². The first-order chi connectivity index (χ1) is 9.70. The summed E-state index contributed by atoms with van der Waals surface area (Å²) < 4.78 is 0. The highest BCUT2D eigenvalue weighted by atomic mass is 15.1. The third-order valence-electron chi connectivity index (χ3n) is 2.98. The summed E-state index contributed by atoms with van der Waals surface area (Å²) in [4.78, 5) is 12.5. The predicted octanol–water partition coefficient (Wildman–Crippen LogP) is 1.85. The van der Waals surface area contributed by atoms with Crippen LogP contribution in [0.5, 0.6) is 0 Å². The molecule has 106 valence electrons. The summed E-state index contributed by atoms with van der Waals surface area (Å²) in [6.07, 6.45) is 4.42. The average Bonchev–Trinajstić information content (AvgIpc) is 2.45. The third kappa shape index (κ3) is 3.57. The van der Waals surface area contributed by atoms with Gasteiger partial charge in [0.1, 0.15) is 11.6 Å². The van der Waals surface area contributed by atoms with E-state index in [-0.39, 0.29) is 0 Å². The van der Waals surface area contributed by atoms with Gasteiger partial charge in [-0.15, -0.1) is 0 Å². The summed E-state index contributed by atoms with van der Waals surface area (Å²) in [5.41, 5.74) is 7.81. The molecule has 4 N–H and O–H groups in total. The van der Waals surface area contributed by atoms with E-state index in [9.17, 15) is 0 Å². The largest absolute Gasteiger partial charge is 0.368 e. The minimum Gasteiger partial charge on any atom is -0.368 e. The highest BCUT2D eigenvalue weighted by Crippen LogP contribution is 2.13. The van der Waals surface area contributed by atoms with Gasteiger partial charge in [-0.1, -0.05) is 13.0 Å². The molecule has 0 radical (unpaired) electrons. The molecule has 0 amide bonds. The smallest absolute Gasteiger partial charge is 0.221 e. The lowest BCUT2D eigenvalue weighted by Crippen LogP contribution is -2.17. The van der Waals surface area contributed by atoms with Crippen molar-refractivity contribution in [2.45, 2.75) is 20.3 Å². The average molecular weight is 272 g/mol. The zero-order valence-corrected chi connectivity index (χ0v) is 11.8. The molecule has 2 aromatic rings. The van der Waals surface area contributed by atoms with Gasteiger partial charge < -0.3 is 16.4 Å². The first-order valence-corrected chi connectivity index (χ1v) is 6.71. The molecule has 2 heterocycles. The first-order valence-electron chi connectivity index (χ1n) is 6.71. The van der Waals surface area contributed by atoms with Gasteiger partial charge in [-0.25, -0.2) is 9.97 Å². The van der Waals surface area contributed by atoms with Gasteiger partial charge >= 0.3 is 0 Å². The van der Waals surface area contributed by atoms with Gasteiger partial charge in [0.15, 0.2) is 0 Å². The summed E-state index contributed by atoms with van der Waals surface area (Å²) in [6, 6.07) is 3.96. The Kier molecular flexibility index (Phi) is 4.70. The Morgan fingerprint density at radius 3 is 2.60 bits per heavy atom. The lowest BCUT2D eigenvalue weighted by molar-refractivity contribution is 0.999. The minimum absolute atomic E-state index is 0.290. The van der Waals surface area contributed by atoms with E-state index in [1.807, 2.05) is 19.1 Å². The van der Waals surface area contributed by atoms with E-state index < -0.39 is 0 Å². The number of aromatic nitrogens is 3. The van der Waals surface area contributed by atoms with Gasteiger partial charge in [-0.2, -0.15) is 4.98 Å². The van der Waals surface area contributed by atoms with Crippen LogP contribution in [0.4, 0.5) is 17.6 Å². The fourth-order valence-corrected chi connectivity index (χ4v) is 1.86. The molecular weight excluding hydrogens is 252 g/mol. The second-order valence-electron chi connectivity index (χ2n) is 4.48. The summed E-state index contributed by atoms with van der Waals surface area (Å²) in [6.45, 7) is 5.59. The lowest BCUT2D eigenvalue weighted by atomic mass is 10.2. The van der Waals surface area contributed by atoms with E-state index >= 15 is 0 Å². The van der Waals surface area contributed by atoms with Gasteiger partial charge in [-0.05, 0) is 25.0 Å². The second-order valence-corrected chi connectivity index (χ2v) is 4.48. The number of rotatable bonds is 6. The summed E-state index contributed by atoms with van der Waals surface area (Å²) >= 11 is 0. The maximum absolute atomic E-state index is 5.61. The maximum Gasteiger partial charge on any atom is 0.221 e. The monoisotopic (exact) mass is 272 g/mol. The van der Waals surface area contributed by atoms with E-state index in [0.717, 1.165) is 42.3 Å². The molecule has 0 unspecified atom stereocenters. The van der Waals surface area contributed by atoms with E-state index in [1.54, 1.807) is 12.4 Å². The van der Waals surface area contributed by atoms with Crippen molar-refractivity contribution in [1.29, 1.82) is 0 Å². The number of hydrogen-bond donors (Lipinski definition) is 3. The fraction of sp³-hybridized carbons (Fsp3) is 0.357. The number of aryl methyl sites for hydroxylation is 2. The number of pyridine rings is 1. The molecule has 2 rings (SSSR count). The van der Waals surface area contributed by atoms with Crippen LogP contribution in [0, 0.1) is 6.92 Å². The summed E-state index contributed by atoms with van der Waals surface area (Å²) in [5, 5.41) is 6.56. The maximum atomic E-state index is 5.61. The van der Waals surface area contributed by atoms with Crippen molar-refractivity contribution in [2.75, 3.05) is 29.5 Å². The van der Waals surface area contributed by atoms with Crippen molar-refractivity contribution in [3.63, 3.8) is 0 Å². The Morgan fingerprint density at radius 2 is 1.90 bits per heavy atom. The highest BCUT2D eigenvalue weighted by Gasteiger charge is 2.03. The molecule has 0 aliphatic rings. The van der Waals surface area contributed by atoms with Gasteiger partial charge in [0.2, 0.25) is 5.95 Å². The molecule has 6 heteroatoms. The summed E-state index contributed by atoms with van der Waals surface area (Å²) in [5.74, 6) is 2.00. The van der Waals surface area contributed by atoms with Crippen molar-refractivity contribution >= 4 is 17.6 Å². The molecule has 0 spiro atoms. The molecule has 0 aliphatic heterocycles. The molecule has 0 saturated carbocycles. The molecule has 20 heavy (non-hydrogen) atoms. The van der Waals surface area contributed by atoms with Crippen LogP contribution in [0.15, 0.2) is 24.5 Å². The molecule has 0 aliphatic carbocycles. The van der Waals surface area contributed by atoms with Crippen LogP contribution in [-0.2, 0) is 6.42 Å². The zero-order valence-electron chi connectivity index (χ0n) is 11.8. The molecule has 6 nitrogen and oxygen atoms in total. The normalized spacial score (nSPS) is 10.3. The van der Waals surface area contributed by atoms with Crippen molar-refractivity contribution < 1.29 is 0 Å². The van der Waals surface area contributed by atoms with Gasteiger partial charge in [0.25, 0.3) is 0 Å². The van der Waals surface area contributed by atoms with Crippen LogP contribution in [0.1, 0.15) is 18.1 Å². The quantitative estimate of drug-likeness (QED) is 0.695. The number of nitrogens with one attached hydrogen (secondary N) is 2. The molecule has 0 fully saturated rings. The number of hydrogen-bond acceptors (Lipinski definition) is 6. The Morgan fingerprint density at radius 1 is 1.15 bits per heavy atom. The number of anilines is 3. The minimum atomic E-state index is 0.290. The third-order valence-corrected chi connectivity index (χ3v) is 2.98. The fourth-order valence-electron chi connectivity index (χ4n) is 1.86. The highest BCUT2D eigenvalue weighted by molar-refractivity contribution is 5.47. The Balaban J connectivity index is 1.87. The van der Waals surface area contributed by atoms with Crippen molar-refractivity contribution in [3.8, 4) is 0 Å². The Bertz CT molecular complexity index is 569. The molecular formula is C14H20N6. The number of nitrogen functional groups attached to an aromatic ring is 1. The second kappa shape index (κ2) is 6.70. The molecule has 0 bridgehead atoms. The van der Waals surface area contributed by atoms with Gasteiger partial charge in [0, 0.05) is 31.0 Å². The van der Waals surface area contributed by atoms with E-state index in [0.29, 0.717) is 5.95 Å². The van der Waals surface area contributed by atoms with E-state index in [2.05, 4.69) is 32.5 Å². The van der Waals surface area contributed by atoms with Crippen LogP contribution in [0.25, 0.3) is 0 Å². The van der Waals surface area contributed by atoms with Crippen LogP contribution in [0.2, 0.25) is 0 Å². The Hall–Kier alpha value is -2.37. The SMILES string of the molecule is CCc1cnc(N)nc1NCCNc1ncccc1C. The molecule has 0 aromatic carbocycles. The first kappa shape index (κ1) is 14.0. The number of nitrogens with two attached hydrogens (primary N) is 1. The zero-order chi connectivity index (χ0) is 14.4. The topological polar surface area (TPSA) is 88.8 Å². The van der Waals surface area contributed by atoms with Crippen LogP contribution in [0.3, 0.4) is 0 Å². The van der Waals surface area contributed by atoms with Gasteiger partial charge in [0.05, 0.1) is 0 Å². The summed E-state index contributed by atoms with van der Waals surface area (Å²) in [7, 11) is 0. The van der Waals surface area contributed by atoms with Crippen LogP contribution in [-0.4, -0.2) is 28.0 Å². The molecule has 0 saturated heterocycles. The van der Waals surface area contributed by atoms with Gasteiger partial charge in [-0.3, -0.25) is 0 Å². The van der Waals surface area contributed by atoms with Crippen molar-refractivity contribution in [1.82, 2.24) is 15.0 Å². The van der Waals surface area contributed by atoms with Crippen LogP contribution >= 0.6 is 0 Å². The van der Waals surface area contributed by atoms with Crippen molar-refractivity contribution in [2.24, 2.45) is 0 Å². The molecule has 2 aromatic heterocycles. The number of nitrogens with zero attached hydrogens (tertiary/aromatic N) is 3. The standard InChI is InChI=1S/C14H20N6/c1-3-11-9-19-14(15)20-13(11)18-8-7-17-12-10(2)5-4-6-16-12/h4-6,9H,3,7-8H2,1-2H3,(H,16,17)(H3,15,18,19,20). The Labute approximate surface area is 118 Å².